The van der Waals surface area contributed by atoms with Crippen LogP contribution in [-0.4, -0.2) is 57.8 Å². The summed E-state index contributed by atoms with van der Waals surface area (Å²) in [6.07, 6.45) is -5.45. The number of Topliss-reactive ketones (excluding diaryl/α,β-unsaturated/α-hetero) is 2. The van der Waals surface area contributed by atoms with Crippen LogP contribution in [0.4, 0.5) is 0 Å². The standard InChI is InChI=1S/C9H14O7/c1-4(11)9(16-5(2)12)8(15)7(14)6(13)3-10/h6-7,9-10,13-14H,3H2,1-2H3/t6-,7+,9?/m0/s1. The quantitative estimate of drug-likeness (QED) is 0.352. The highest BCUT2D eigenvalue weighted by atomic mass is 16.6. The van der Waals surface area contributed by atoms with Crippen molar-refractivity contribution in [3.8, 4) is 0 Å². The molecule has 3 atom stereocenters. The van der Waals surface area contributed by atoms with Crippen molar-refractivity contribution in [1.29, 1.82) is 0 Å². The first kappa shape index (κ1) is 14.7. The minimum atomic E-state index is -1.97. The van der Waals surface area contributed by atoms with Crippen molar-refractivity contribution in [3.63, 3.8) is 0 Å². The molecule has 3 N–H and O–H groups in total. The van der Waals surface area contributed by atoms with Crippen molar-refractivity contribution in [2.75, 3.05) is 6.61 Å². The lowest BCUT2D eigenvalue weighted by molar-refractivity contribution is -0.163. The highest BCUT2D eigenvalue weighted by Crippen LogP contribution is 2.04. The number of esters is 1. The van der Waals surface area contributed by atoms with Crippen LogP contribution in [0.25, 0.3) is 0 Å². The van der Waals surface area contributed by atoms with Gasteiger partial charge >= 0.3 is 5.97 Å². The van der Waals surface area contributed by atoms with Gasteiger partial charge in [0.2, 0.25) is 11.9 Å². The molecule has 0 amide bonds. The van der Waals surface area contributed by atoms with Crippen LogP contribution in [0.15, 0.2) is 0 Å². The number of rotatable bonds is 6. The molecule has 0 bridgehead atoms. The van der Waals surface area contributed by atoms with E-state index >= 15 is 0 Å². The van der Waals surface area contributed by atoms with Gasteiger partial charge in [0.15, 0.2) is 5.78 Å². The Bertz CT molecular complexity index is 286. The van der Waals surface area contributed by atoms with Crippen LogP contribution in [0.2, 0.25) is 0 Å². The Morgan fingerprint density at radius 2 is 1.69 bits per heavy atom. The maximum atomic E-state index is 11.4. The summed E-state index contributed by atoms with van der Waals surface area (Å²) < 4.78 is 4.40. The fourth-order valence-electron chi connectivity index (χ4n) is 0.952. The summed E-state index contributed by atoms with van der Waals surface area (Å²) in [6.45, 7) is 1.15. The number of hydrogen-bond donors (Lipinski definition) is 3. The van der Waals surface area contributed by atoms with E-state index in [0.717, 1.165) is 13.8 Å². The molecule has 92 valence electrons. The lowest BCUT2D eigenvalue weighted by Crippen LogP contribution is -2.46. The first-order chi connectivity index (χ1) is 7.31. The molecule has 0 aliphatic heterocycles. The number of carbonyl (C=O) groups is 3. The third-order valence-electron chi connectivity index (χ3n) is 1.75. The second-order valence-corrected chi connectivity index (χ2v) is 3.20. The zero-order chi connectivity index (χ0) is 12.9. The van der Waals surface area contributed by atoms with Gasteiger partial charge < -0.3 is 20.1 Å². The number of aliphatic hydroxyl groups is 3. The van der Waals surface area contributed by atoms with Crippen LogP contribution in [0.5, 0.6) is 0 Å². The van der Waals surface area contributed by atoms with Gasteiger partial charge in [-0.25, -0.2) is 0 Å². The summed E-state index contributed by atoms with van der Waals surface area (Å²) in [7, 11) is 0. The molecule has 0 saturated carbocycles. The Hall–Kier alpha value is -1.31. The SMILES string of the molecule is CC(=O)OC(C(C)=O)C(=O)[C@H](O)[C@@H](O)CO. The van der Waals surface area contributed by atoms with Gasteiger partial charge in [-0.2, -0.15) is 0 Å². The molecule has 0 saturated heterocycles. The Labute approximate surface area is 91.6 Å². The maximum absolute atomic E-state index is 11.4. The van der Waals surface area contributed by atoms with Crippen LogP contribution in [0.1, 0.15) is 13.8 Å². The summed E-state index contributed by atoms with van der Waals surface area (Å²) in [6, 6.07) is 0. The third kappa shape index (κ3) is 4.05. The van der Waals surface area contributed by atoms with Crippen LogP contribution >= 0.6 is 0 Å². The van der Waals surface area contributed by atoms with Gasteiger partial charge in [0, 0.05) is 6.92 Å². The minimum absolute atomic E-state index is 0.774. The average Bonchev–Trinajstić information content (AvgIpc) is 2.22. The van der Waals surface area contributed by atoms with Crippen molar-refractivity contribution in [1.82, 2.24) is 0 Å². The first-order valence-corrected chi connectivity index (χ1v) is 4.49. The number of aliphatic hydroxyl groups excluding tert-OH is 3. The molecular formula is C9H14O7. The zero-order valence-corrected chi connectivity index (χ0v) is 8.91. The molecule has 0 aliphatic carbocycles. The average molecular weight is 234 g/mol. The lowest BCUT2D eigenvalue weighted by Gasteiger charge is -2.19. The molecule has 0 heterocycles. The van der Waals surface area contributed by atoms with Crippen molar-refractivity contribution < 1.29 is 34.4 Å². The number of carbonyl (C=O) groups excluding carboxylic acids is 3. The summed E-state index contributed by atoms with van der Waals surface area (Å²) >= 11 is 0. The smallest absolute Gasteiger partial charge is 0.303 e. The molecule has 0 spiro atoms. The molecule has 0 aromatic carbocycles. The minimum Gasteiger partial charge on any atom is -0.446 e. The summed E-state index contributed by atoms with van der Waals surface area (Å²) in [5.74, 6) is -2.80. The predicted molar refractivity (Wildman–Crippen MR) is 50.3 cm³/mol. The van der Waals surface area contributed by atoms with E-state index in [9.17, 15) is 19.5 Å². The Balaban J connectivity index is 4.74. The van der Waals surface area contributed by atoms with Gasteiger partial charge in [0.05, 0.1) is 6.61 Å². The fourth-order valence-corrected chi connectivity index (χ4v) is 0.952. The van der Waals surface area contributed by atoms with E-state index in [1.54, 1.807) is 0 Å². The molecule has 0 fully saturated rings. The van der Waals surface area contributed by atoms with E-state index in [1.807, 2.05) is 0 Å². The van der Waals surface area contributed by atoms with E-state index in [-0.39, 0.29) is 0 Å². The van der Waals surface area contributed by atoms with E-state index in [0.29, 0.717) is 0 Å². The highest BCUT2D eigenvalue weighted by Gasteiger charge is 2.35. The van der Waals surface area contributed by atoms with Gasteiger partial charge in [0.25, 0.3) is 0 Å². The molecule has 0 radical (unpaired) electrons. The topological polar surface area (TPSA) is 121 Å². The Morgan fingerprint density at radius 3 is 2.00 bits per heavy atom. The van der Waals surface area contributed by atoms with Gasteiger partial charge in [-0.3, -0.25) is 14.4 Å². The molecule has 0 aromatic rings. The van der Waals surface area contributed by atoms with Crippen molar-refractivity contribution in [3.05, 3.63) is 0 Å². The van der Waals surface area contributed by atoms with Crippen LogP contribution in [-0.2, 0) is 19.1 Å². The van der Waals surface area contributed by atoms with Crippen LogP contribution in [0, 0.1) is 0 Å². The normalized spacial score (nSPS) is 16.1. The molecule has 0 rings (SSSR count). The number of hydrogen-bond acceptors (Lipinski definition) is 7. The Morgan fingerprint density at radius 1 is 1.19 bits per heavy atom. The van der Waals surface area contributed by atoms with Gasteiger partial charge in [-0.05, 0) is 6.92 Å². The monoisotopic (exact) mass is 234 g/mol. The molecule has 7 nitrogen and oxygen atoms in total. The fraction of sp³-hybridized carbons (Fsp3) is 0.667. The number of ether oxygens (including phenoxy) is 1. The van der Waals surface area contributed by atoms with Crippen molar-refractivity contribution in [2.24, 2.45) is 0 Å². The van der Waals surface area contributed by atoms with E-state index in [2.05, 4.69) is 4.74 Å². The maximum Gasteiger partial charge on any atom is 0.303 e. The van der Waals surface area contributed by atoms with E-state index in [1.165, 1.54) is 0 Å². The molecule has 7 heteroatoms. The second kappa shape index (κ2) is 6.31. The van der Waals surface area contributed by atoms with E-state index in [4.69, 9.17) is 10.2 Å². The molecular weight excluding hydrogens is 220 g/mol. The summed E-state index contributed by atoms with van der Waals surface area (Å²) in [4.78, 5) is 33.0. The summed E-state index contributed by atoms with van der Waals surface area (Å²) in [5.41, 5.74) is 0. The van der Waals surface area contributed by atoms with Crippen LogP contribution in [0.3, 0.4) is 0 Å². The van der Waals surface area contributed by atoms with E-state index < -0.39 is 42.5 Å². The summed E-state index contributed by atoms with van der Waals surface area (Å²) in [5, 5.41) is 26.7. The number of ketones is 2. The van der Waals surface area contributed by atoms with Gasteiger partial charge in [-0.15, -0.1) is 0 Å². The zero-order valence-electron chi connectivity index (χ0n) is 8.91. The molecule has 0 aliphatic rings. The first-order valence-electron chi connectivity index (χ1n) is 4.49. The van der Waals surface area contributed by atoms with Crippen molar-refractivity contribution in [2.45, 2.75) is 32.2 Å². The predicted octanol–water partition coefficient (Wildman–Crippen LogP) is -2.21. The largest absolute Gasteiger partial charge is 0.446 e. The molecule has 16 heavy (non-hydrogen) atoms. The lowest BCUT2D eigenvalue weighted by atomic mass is 10.0. The van der Waals surface area contributed by atoms with Crippen molar-refractivity contribution >= 4 is 17.5 Å². The van der Waals surface area contributed by atoms with Gasteiger partial charge in [0.1, 0.15) is 12.2 Å². The second-order valence-electron chi connectivity index (χ2n) is 3.20. The molecule has 1 unspecified atom stereocenters. The Kier molecular flexibility index (Phi) is 5.79. The molecule has 0 aromatic heterocycles. The third-order valence-corrected chi connectivity index (χ3v) is 1.75. The van der Waals surface area contributed by atoms with Crippen LogP contribution < -0.4 is 0 Å². The highest BCUT2D eigenvalue weighted by molar-refractivity contribution is 6.07. The van der Waals surface area contributed by atoms with Gasteiger partial charge in [-0.1, -0.05) is 0 Å².